The van der Waals surface area contributed by atoms with Crippen LogP contribution in [-0.2, 0) is 0 Å². The molecule has 1 amide bonds. The van der Waals surface area contributed by atoms with E-state index >= 15 is 0 Å². The van der Waals surface area contributed by atoms with E-state index in [9.17, 15) is 4.79 Å². The Balaban J connectivity index is 1.88. The summed E-state index contributed by atoms with van der Waals surface area (Å²) in [6.45, 7) is 4.02. The fourth-order valence-corrected chi connectivity index (χ4v) is 4.37. The van der Waals surface area contributed by atoms with Gasteiger partial charge in [0.1, 0.15) is 0 Å². The van der Waals surface area contributed by atoms with Gasteiger partial charge < -0.3 is 5.32 Å². The number of hydrogen-bond donors (Lipinski definition) is 1. The van der Waals surface area contributed by atoms with Crippen molar-refractivity contribution < 1.29 is 4.79 Å². The SMILES string of the molecule is Cc1cccc(NC(=O)c2cc(-c3cccs3)nc3c(C)cc(Br)cc23)c1. The Bertz CT molecular complexity index is 1150. The lowest BCUT2D eigenvalue weighted by atomic mass is 10.0. The molecule has 0 atom stereocenters. The van der Waals surface area contributed by atoms with Crippen molar-refractivity contribution in [3.8, 4) is 10.6 Å². The number of nitrogens with one attached hydrogen (secondary N) is 1. The van der Waals surface area contributed by atoms with E-state index < -0.39 is 0 Å². The van der Waals surface area contributed by atoms with E-state index in [4.69, 9.17) is 4.98 Å². The van der Waals surface area contributed by atoms with Crippen LogP contribution in [-0.4, -0.2) is 10.9 Å². The number of carbonyl (C=O) groups excluding carboxylic acids is 1. The Morgan fingerprint density at radius 3 is 2.67 bits per heavy atom. The number of fused-ring (bicyclic) bond motifs is 1. The van der Waals surface area contributed by atoms with Crippen molar-refractivity contribution in [2.75, 3.05) is 5.32 Å². The van der Waals surface area contributed by atoms with Crippen molar-refractivity contribution in [1.82, 2.24) is 4.98 Å². The zero-order valence-electron chi connectivity index (χ0n) is 14.9. The Hall–Kier alpha value is -2.50. The number of benzene rings is 2. The van der Waals surface area contributed by atoms with E-state index in [0.29, 0.717) is 5.56 Å². The van der Waals surface area contributed by atoms with Gasteiger partial charge >= 0.3 is 0 Å². The van der Waals surface area contributed by atoms with E-state index in [1.807, 2.05) is 73.8 Å². The molecular formula is C22H17BrN2OS. The Morgan fingerprint density at radius 2 is 1.93 bits per heavy atom. The second kappa shape index (κ2) is 7.25. The lowest BCUT2D eigenvalue weighted by molar-refractivity contribution is 0.102. The number of rotatable bonds is 3. The number of pyridine rings is 1. The normalized spacial score (nSPS) is 10.9. The van der Waals surface area contributed by atoms with Crippen molar-refractivity contribution >= 4 is 49.8 Å². The number of thiophene rings is 1. The van der Waals surface area contributed by atoms with E-state index in [0.717, 1.165) is 42.8 Å². The molecule has 4 aromatic rings. The Labute approximate surface area is 170 Å². The third kappa shape index (κ3) is 3.66. The third-order valence-electron chi connectivity index (χ3n) is 4.36. The zero-order valence-corrected chi connectivity index (χ0v) is 17.3. The largest absolute Gasteiger partial charge is 0.322 e. The van der Waals surface area contributed by atoms with Gasteiger partial charge in [0.15, 0.2) is 0 Å². The van der Waals surface area contributed by atoms with Crippen LogP contribution in [0, 0.1) is 13.8 Å². The number of anilines is 1. The number of nitrogens with zero attached hydrogens (tertiary/aromatic N) is 1. The molecule has 5 heteroatoms. The number of amides is 1. The second-order valence-electron chi connectivity index (χ2n) is 6.47. The number of halogens is 1. The minimum absolute atomic E-state index is 0.136. The highest BCUT2D eigenvalue weighted by Crippen LogP contribution is 2.31. The van der Waals surface area contributed by atoms with E-state index in [2.05, 4.69) is 21.2 Å². The fourth-order valence-electron chi connectivity index (χ4n) is 3.12. The van der Waals surface area contributed by atoms with Gasteiger partial charge in [-0.15, -0.1) is 11.3 Å². The molecule has 0 aliphatic rings. The molecule has 134 valence electrons. The lowest BCUT2D eigenvalue weighted by Crippen LogP contribution is -2.13. The van der Waals surface area contributed by atoms with Crippen LogP contribution >= 0.6 is 27.3 Å². The van der Waals surface area contributed by atoms with Gasteiger partial charge in [0.25, 0.3) is 5.91 Å². The molecule has 0 bridgehead atoms. The van der Waals surface area contributed by atoms with Gasteiger partial charge in [-0.3, -0.25) is 4.79 Å². The second-order valence-corrected chi connectivity index (χ2v) is 8.34. The molecule has 0 spiro atoms. The first-order chi connectivity index (χ1) is 13.0. The molecule has 0 radical (unpaired) electrons. The minimum Gasteiger partial charge on any atom is -0.322 e. The monoisotopic (exact) mass is 436 g/mol. The highest BCUT2D eigenvalue weighted by Gasteiger charge is 2.16. The molecule has 4 rings (SSSR count). The van der Waals surface area contributed by atoms with Gasteiger partial charge in [0, 0.05) is 15.5 Å². The number of aryl methyl sites for hydroxylation is 2. The predicted molar refractivity (Wildman–Crippen MR) is 117 cm³/mol. The standard InChI is InChI=1S/C22H17BrN2OS/c1-13-5-3-6-16(9-13)24-22(26)18-12-19(20-7-4-8-27-20)25-21-14(2)10-15(23)11-17(18)21/h3-12H,1-2H3,(H,24,26). The van der Waals surface area contributed by atoms with Gasteiger partial charge in [-0.05, 0) is 66.8 Å². The summed E-state index contributed by atoms with van der Waals surface area (Å²) in [6, 6.07) is 17.7. The van der Waals surface area contributed by atoms with Gasteiger partial charge in [0.05, 0.1) is 21.7 Å². The maximum atomic E-state index is 13.1. The first-order valence-electron chi connectivity index (χ1n) is 8.54. The lowest BCUT2D eigenvalue weighted by Gasteiger charge is -2.12. The van der Waals surface area contributed by atoms with Crippen molar-refractivity contribution in [3.05, 3.63) is 81.1 Å². The first-order valence-corrected chi connectivity index (χ1v) is 10.2. The average molecular weight is 437 g/mol. The molecule has 1 N–H and O–H groups in total. The van der Waals surface area contributed by atoms with Crippen molar-refractivity contribution in [1.29, 1.82) is 0 Å². The molecule has 0 saturated carbocycles. The van der Waals surface area contributed by atoms with E-state index in [1.54, 1.807) is 11.3 Å². The minimum atomic E-state index is -0.136. The summed E-state index contributed by atoms with van der Waals surface area (Å²) in [5.74, 6) is -0.136. The maximum absolute atomic E-state index is 13.1. The predicted octanol–water partition coefficient (Wildman–Crippen LogP) is 6.59. The molecule has 3 nitrogen and oxygen atoms in total. The number of hydrogen-bond acceptors (Lipinski definition) is 3. The summed E-state index contributed by atoms with van der Waals surface area (Å²) < 4.78 is 0.933. The molecule has 2 heterocycles. The van der Waals surface area contributed by atoms with Crippen LogP contribution in [0.15, 0.2) is 64.5 Å². The van der Waals surface area contributed by atoms with Crippen molar-refractivity contribution in [2.45, 2.75) is 13.8 Å². The summed E-state index contributed by atoms with van der Waals surface area (Å²) in [5, 5.41) is 5.88. The van der Waals surface area contributed by atoms with Crippen LogP contribution in [0.3, 0.4) is 0 Å². The Kier molecular flexibility index (Phi) is 4.81. The fraction of sp³-hybridized carbons (Fsp3) is 0.0909. The highest BCUT2D eigenvalue weighted by molar-refractivity contribution is 9.10. The van der Waals surface area contributed by atoms with Crippen LogP contribution in [0.25, 0.3) is 21.5 Å². The summed E-state index contributed by atoms with van der Waals surface area (Å²) in [7, 11) is 0. The van der Waals surface area contributed by atoms with Crippen molar-refractivity contribution in [2.24, 2.45) is 0 Å². The van der Waals surface area contributed by atoms with Crippen LogP contribution < -0.4 is 5.32 Å². The molecule has 0 fully saturated rings. The van der Waals surface area contributed by atoms with Crippen LogP contribution in [0.5, 0.6) is 0 Å². The smallest absolute Gasteiger partial charge is 0.256 e. The number of aromatic nitrogens is 1. The van der Waals surface area contributed by atoms with Crippen LogP contribution in [0.2, 0.25) is 0 Å². The van der Waals surface area contributed by atoms with Crippen LogP contribution in [0.1, 0.15) is 21.5 Å². The molecule has 0 saturated heterocycles. The molecule has 0 aliphatic carbocycles. The van der Waals surface area contributed by atoms with E-state index in [1.165, 1.54) is 0 Å². The van der Waals surface area contributed by atoms with Gasteiger partial charge in [-0.1, -0.05) is 34.1 Å². The molecule has 0 unspecified atom stereocenters. The summed E-state index contributed by atoms with van der Waals surface area (Å²) in [4.78, 5) is 19.0. The molecule has 27 heavy (non-hydrogen) atoms. The molecular weight excluding hydrogens is 420 g/mol. The average Bonchev–Trinajstić information content (AvgIpc) is 3.15. The summed E-state index contributed by atoms with van der Waals surface area (Å²) >= 11 is 5.16. The highest BCUT2D eigenvalue weighted by atomic mass is 79.9. The van der Waals surface area contributed by atoms with Gasteiger partial charge in [-0.25, -0.2) is 4.98 Å². The third-order valence-corrected chi connectivity index (χ3v) is 5.71. The zero-order chi connectivity index (χ0) is 19.0. The topological polar surface area (TPSA) is 42.0 Å². The molecule has 0 aliphatic heterocycles. The van der Waals surface area contributed by atoms with Gasteiger partial charge in [-0.2, -0.15) is 0 Å². The Morgan fingerprint density at radius 1 is 1.07 bits per heavy atom. The quantitative estimate of drug-likeness (QED) is 0.393. The number of carbonyl (C=O) groups is 1. The summed E-state index contributed by atoms with van der Waals surface area (Å²) in [5.41, 5.74) is 5.20. The molecule has 2 aromatic heterocycles. The maximum Gasteiger partial charge on any atom is 0.256 e. The molecule has 2 aromatic carbocycles. The van der Waals surface area contributed by atoms with E-state index in [-0.39, 0.29) is 5.91 Å². The summed E-state index contributed by atoms with van der Waals surface area (Å²) in [6.07, 6.45) is 0. The van der Waals surface area contributed by atoms with Crippen LogP contribution in [0.4, 0.5) is 5.69 Å². The van der Waals surface area contributed by atoms with Crippen molar-refractivity contribution in [3.63, 3.8) is 0 Å². The van der Waals surface area contributed by atoms with Gasteiger partial charge in [0.2, 0.25) is 0 Å². The first kappa shape index (κ1) is 17.9.